The summed E-state index contributed by atoms with van der Waals surface area (Å²) in [6.07, 6.45) is -8.45. The molecule has 0 amide bonds. The van der Waals surface area contributed by atoms with Crippen LogP contribution in [-0.4, -0.2) is 69.2 Å². The maximum atomic E-state index is 10.7. The second-order valence-electron chi connectivity index (χ2n) is 3.25. The lowest BCUT2D eigenvalue weighted by atomic mass is 10.0. The average molecular weight is 258 g/mol. The van der Waals surface area contributed by atoms with E-state index < -0.39 is 45.9 Å². The zero-order chi connectivity index (χ0) is 12.7. The standard InChI is InChI=1S/C6H10O9S/c7-1-2(8)4(16(12,13)14)6(11)15-3(1)5(9)10/h1-4,6-8,11H,(H,9,10)(H,12,13,14)/t1-,2+,3-,4-,6-/m1/s1. The van der Waals surface area contributed by atoms with E-state index >= 15 is 0 Å². The van der Waals surface area contributed by atoms with Crippen LogP contribution in [0.3, 0.4) is 0 Å². The highest BCUT2D eigenvalue weighted by Crippen LogP contribution is 2.24. The Labute approximate surface area is 89.6 Å². The van der Waals surface area contributed by atoms with E-state index in [1.165, 1.54) is 0 Å². The lowest BCUT2D eigenvalue weighted by molar-refractivity contribution is -0.234. The summed E-state index contributed by atoms with van der Waals surface area (Å²) in [6, 6.07) is 0. The van der Waals surface area contributed by atoms with Crippen molar-refractivity contribution < 1.29 is 42.9 Å². The lowest BCUT2D eigenvalue weighted by Crippen LogP contribution is -2.61. The molecule has 5 atom stereocenters. The highest BCUT2D eigenvalue weighted by molar-refractivity contribution is 7.86. The normalized spacial score (nSPS) is 40.6. The van der Waals surface area contributed by atoms with Crippen LogP contribution < -0.4 is 0 Å². The van der Waals surface area contributed by atoms with Crippen molar-refractivity contribution in [1.82, 2.24) is 0 Å². The van der Waals surface area contributed by atoms with Gasteiger partial charge < -0.3 is 25.2 Å². The smallest absolute Gasteiger partial charge is 0.335 e. The van der Waals surface area contributed by atoms with Crippen molar-refractivity contribution in [1.29, 1.82) is 0 Å². The minimum Gasteiger partial charge on any atom is -0.479 e. The molecule has 0 unspecified atom stereocenters. The highest BCUT2D eigenvalue weighted by atomic mass is 32.2. The number of hydrogen-bond acceptors (Lipinski definition) is 7. The van der Waals surface area contributed by atoms with Gasteiger partial charge in [0.1, 0.15) is 12.2 Å². The molecule has 0 spiro atoms. The van der Waals surface area contributed by atoms with E-state index in [4.69, 9.17) is 14.8 Å². The molecular formula is C6H10O9S. The molecule has 1 rings (SSSR count). The molecular weight excluding hydrogens is 248 g/mol. The van der Waals surface area contributed by atoms with Gasteiger partial charge in [-0.15, -0.1) is 0 Å². The van der Waals surface area contributed by atoms with Crippen molar-refractivity contribution in [2.75, 3.05) is 0 Å². The Morgan fingerprint density at radius 2 is 1.62 bits per heavy atom. The van der Waals surface area contributed by atoms with Crippen LogP contribution >= 0.6 is 0 Å². The Kier molecular flexibility index (Phi) is 3.52. The topological polar surface area (TPSA) is 162 Å². The molecule has 0 radical (unpaired) electrons. The van der Waals surface area contributed by atoms with E-state index in [0.29, 0.717) is 0 Å². The van der Waals surface area contributed by atoms with Crippen LogP contribution in [0.15, 0.2) is 0 Å². The largest absolute Gasteiger partial charge is 0.479 e. The third-order valence-corrected chi connectivity index (χ3v) is 3.35. The first-order valence-corrected chi connectivity index (χ1v) is 5.55. The van der Waals surface area contributed by atoms with Crippen LogP contribution in [-0.2, 0) is 19.6 Å². The van der Waals surface area contributed by atoms with E-state index in [0.717, 1.165) is 0 Å². The van der Waals surface area contributed by atoms with Crippen LogP contribution in [0.1, 0.15) is 0 Å². The first kappa shape index (κ1) is 13.3. The Hall–Kier alpha value is -0.780. The molecule has 0 aliphatic carbocycles. The van der Waals surface area contributed by atoms with Crippen molar-refractivity contribution in [3.8, 4) is 0 Å². The molecule has 1 heterocycles. The monoisotopic (exact) mass is 258 g/mol. The summed E-state index contributed by atoms with van der Waals surface area (Å²) < 4.78 is 34.4. The number of aliphatic carboxylic acids is 1. The molecule has 10 heteroatoms. The summed E-state index contributed by atoms with van der Waals surface area (Å²) in [6.45, 7) is 0. The van der Waals surface area contributed by atoms with E-state index in [9.17, 15) is 23.4 Å². The zero-order valence-corrected chi connectivity index (χ0v) is 8.48. The summed E-state index contributed by atoms with van der Waals surface area (Å²) in [5, 5.41) is 33.9. The molecule has 0 aromatic heterocycles. The maximum Gasteiger partial charge on any atom is 0.335 e. The quantitative estimate of drug-likeness (QED) is 0.320. The van der Waals surface area contributed by atoms with Crippen molar-refractivity contribution in [3.05, 3.63) is 0 Å². The van der Waals surface area contributed by atoms with Gasteiger partial charge in [-0.2, -0.15) is 8.42 Å². The van der Waals surface area contributed by atoms with Gasteiger partial charge in [-0.05, 0) is 0 Å². The molecule has 1 saturated heterocycles. The van der Waals surface area contributed by atoms with Gasteiger partial charge >= 0.3 is 5.97 Å². The average Bonchev–Trinajstić information content (AvgIpc) is 2.08. The number of carboxylic acid groups (broad SMARTS) is 1. The van der Waals surface area contributed by atoms with Crippen molar-refractivity contribution in [2.24, 2.45) is 0 Å². The fraction of sp³-hybridized carbons (Fsp3) is 0.833. The molecule has 0 saturated carbocycles. The lowest BCUT2D eigenvalue weighted by Gasteiger charge is -2.37. The number of aliphatic hydroxyl groups is 3. The van der Waals surface area contributed by atoms with Gasteiger partial charge in [0.15, 0.2) is 17.6 Å². The Balaban J connectivity index is 3.02. The molecule has 1 fully saturated rings. The summed E-state index contributed by atoms with van der Waals surface area (Å²) >= 11 is 0. The fourth-order valence-corrected chi connectivity index (χ4v) is 2.25. The minimum absolute atomic E-state index is 1.68. The molecule has 0 aromatic rings. The molecule has 94 valence electrons. The minimum atomic E-state index is -4.88. The fourth-order valence-electron chi connectivity index (χ4n) is 1.38. The van der Waals surface area contributed by atoms with Crippen LogP contribution in [0.25, 0.3) is 0 Å². The Morgan fingerprint density at radius 3 is 2.00 bits per heavy atom. The number of carboxylic acids is 1. The van der Waals surface area contributed by atoms with Crippen LogP contribution in [0, 0.1) is 0 Å². The maximum absolute atomic E-state index is 10.7. The molecule has 9 nitrogen and oxygen atoms in total. The molecule has 0 aromatic carbocycles. The second kappa shape index (κ2) is 4.24. The van der Waals surface area contributed by atoms with Gasteiger partial charge in [0.05, 0.1) is 0 Å². The van der Waals surface area contributed by atoms with E-state index in [1.54, 1.807) is 0 Å². The first-order valence-electron chi connectivity index (χ1n) is 4.05. The number of hydrogen-bond donors (Lipinski definition) is 5. The number of aliphatic hydroxyl groups excluding tert-OH is 3. The van der Waals surface area contributed by atoms with Crippen LogP contribution in [0.5, 0.6) is 0 Å². The molecule has 5 N–H and O–H groups in total. The molecule has 0 bridgehead atoms. The van der Waals surface area contributed by atoms with Crippen LogP contribution in [0.2, 0.25) is 0 Å². The van der Waals surface area contributed by atoms with Crippen LogP contribution in [0.4, 0.5) is 0 Å². The van der Waals surface area contributed by atoms with E-state index in [1.807, 2.05) is 0 Å². The number of ether oxygens (including phenoxy) is 1. The van der Waals surface area contributed by atoms with E-state index in [2.05, 4.69) is 4.74 Å². The SMILES string of the molecule is O=C(O)[C@@H]1O[C@@H](O)[C@H](S(=O)(=O)O)[C@@H](O)[C@H]1O. The van der Waals surface area contributed by atoms with Gasteiger partial charge in [0, 0.05) is 0 Å². The Bertz CT molecular complexity index is 375. The Morgan fingerprint density at radius 1 is 1.12 bits per heavy atom. The van der Waals surface area contributed by atoms with Gasteiger partial charge in [0.25, 0.3) is 10.1 Å². The van der Waals surface area contributed by atoms with Crippen molar-refractivity contribution in [2.45, 2.75) is 29.9 Å². The number of carbonyl (C=O) groups is 1. The van der Waals surface area contributed by atoms with Gasteiger partial charge in [-0.25, -0.2) is 4.79 Å². The zero-order valence-electron chi connectivity index (χ0n) is 7.66. The van der Waals surface area contributed by atoms with Gasteiger partial charge in [-0.3, -0.25) is 4.55 Å². The summed E-state index contributed by atoms with van der Waals surface area (Å²) in [4.78, 5) is 10.5. The highest BCUT2D eigenvalue weighted by Gasteiger charge is 2.52. The summed E-state index contributed by atoms with van der Waals surface area (Å²) in [5.74, 6) is -1.68. The van der Waals surface area contributed by atoms with Gasteiger partial charge in [0.2, 0.25) is 0 Å². The van der Waals surface area contributed by atoms with E-state index in [-0.39, 0.29) is 0 Å². The van der Waals surface area contributed by atoms with Gasteiger partial charge in [-0.1, -0.05) is 0 Å². The predicted octanol–water partition coefficient (Wildman–Crippen LogP) is -3.23. The van der Waals surface area contributed by atoms with Crippen molar-refractivity contribution >= 4 is 16.1 Å². The third kappa shape index (κ3) is 2.31. The molecule has 1 aliphatic rings. The summed E-state index contributed by atoms with van der Waals surface area (Å²) in [7, 11) is -4.88. The predicted molar refractivity (Wildman–Crippen MR) is 45.9 cm³/mol. The van der Waals surface area contributed by atoms with Crippen molar-refractivity contribution in [3.63, 3.8) is 0 Å². The third-order valence-electron chi connectivity index (χ3n) is 2.15. The number of rotatable bonds is 2. The summed E-state index contributed by atoms with van der Waals surface area (Å²) in [5.41, 5.74) is 0. The molecule has 16 heavy (non-hydrogen) atoms. The second-order valence-corrected chi connectivity index (χ2v) is 4.82. The molecule has 1 aliphatic heterocycles. The first-order chi connectivity index (χ1) is 7.16.